The van der Waals surface area contributed by atoms with Crippen LogP contribution in [0.4, 0.5) is 4.39 Å². The molecule has 0 atom stereocenters. The number of pyridine rings is 1. The summed E-state index contributed by atoms with van der Waals surface area (Å²) in [6, 6.07) is 6.16. The number of hydrogen-bond acceptors (Lipinski definition) is 2. The highest BCUT2D eigenvalue weighted by Gasteiger charge is 2.16. The second-order valence-corrected chi connectivity index (χ2v) is 5.72. The van der Waals surface area contributed by atoms with Crippen LogP contribution in [0.5, 0.6) is 0 Å². The molecule has 110 valence electrons. The van der Waals surface area contributed by atoms with Crippen LogP contribution in [0.2, 0.25) is 0 Å². The van der Waals surface area contributed by atoms with Crippen LogP contribution >= 0.6 is 15.9 Å². The first-order valence-electron chi connectivity index (χ1n) is 6.27. The maximum absolute atomic E-state index is 13.2. The molecule has 1 aromatic carbocycles. The molecule has 1 aromatic heterocycles. The number of carbonyl (C=O) groups excluding carboxylic acids is 1. The van der Waals surface area contributed by atoms with Gasteiger partial charge >= 0.3 is 0 Å². The summed E-state index contributed by atoms with van der Waals surface area (Å²) in [6.07, 6.45) is 1.47. The number of nitrogens with one attached hydrogen (secondary N) is 1. The Hall–Kier alpha value is -1.95. The monoisotopic (exact) mass is 352 g/mol. The van der Waals surface area contributed by atoms with Gasteiger partial charge in [-0.25, -0.2) is 4.39 Å². The molecule has 2 aromatic rings. The predicted molar refractivity (Wildman–Crippen MR) is 81.7 cm³/mol. The van der Waals surface area contributed by atoms with E-state index in [0.29, 0.717) is 16.6 Å². The lowest BCUT2D eigenvalue weighted by molar-refractivity contribution is 0.0783. The van der Waals surface area contributed by atoms with Crippen LogP contribution in [-0.4, -0.2) is 22.8 Å². The van der Waals surface area contributed by atoms with Crippen molar-refractivity contribution in [2.75, 3.05) is 7.05 Å². The number of hydrogen-bond donors (Lipinski definition) is 1. The third-order valence-corrected chi connectivity index (χ3v) is 3.55. The number of amides is 1. The molecule has 0 saturated heterocycles. The molecule has 1 amide bonds. The Morgan fingerprint density at radius 1 is 1.38 bits per heavy atom. The number of rotatable bonds is 3. The highest BCUT2D eigenvalue weighted by Crippen LogP contribution is 2.13. The highest BCUT2D eigenvalue weighted by atomic mass is 79.9. The van der Waals surface area contributed by atoms with Gasteiger partial charge in [-0.2, -0.15) is 0 Å². The summed E-state index contributed by atoms with van der Waals surface area (Å²) in [5, 5.41) is 0. The van der Waals surface area contributed by atoms with Gasteiger partial charge < -0.3 is 9.88 Å². The third kappa shape index (κ3) is 3.58. The van der Waals surface area contributed by atoms with Gasteiger partial charge in [0.05, 0.1) is 0 Å². The van der Waals surface area contributed by atoms with Crippen molar-refractivity contribution in [2.45, 2.75) is 13.5 Å². The standard InChI is InChI=1S/C15H14BrFN2O2/c1-9-5-10(3-4-13(9)17)8-19(2)15(21)12-6-11(16)7-18-14(12)20/h3-7H,8H2,1-2H3,(H,18,20). The number of H-pyrrole nitrogens is 1. The summed E-state index contributed by atoms with van der Waals surface area (Å²) >= 11 is 3.22. The summed E-state index contributed by atoms with van der Waals surface area (Å²) in [6.45, 7) is 1.96. The topological polar surface area (TPSA) is 53.2 Å². The summed E-state index contributed by atoms with van der Waals surface area (Å²) in [5.41, 5.74) is 0.945. The van der Waals surface area contributed by atoms with E-state index in [1.807, 2.05) is 0 Å². The molecule has 0 saturated carbocycles. The summed E-state index contributed by atoms with van der Waals surface area (Å²) < 4.78 is 13.8. The second kappa shape index (κ2) is 6.22. The smallest absolute Gasteiger partial charge is 0.260 e. The fourth-order valence-corrected chi connectivity index (χ4v) is 2.32. The maximum Gasteiger partial charge on any atom is 0.260 e. The van der Waals surface area contributed by atoms with E-state index in [-0.39, 0.29) is 17.3 Å². The van der Waals surface area contributed by atoms with Crippen molar-refractivity contribution < 1.29 is 9.18 Å². The van der Waals surface area contributed by atoms with Gasteiger partial charge in [-0.15, -0.1) is 0 Å². The minimum Gasteiger partial charge on any atom is -0.337 e. The molecule has 0 spiro atoms. The van der Waals surface area contributed by atoms with E-state index in [1.54, 1.807) is 26.1 Å². The predicted octanol–water partition coefficient (Wildman–Crippen LogP) is 2.86. The van der Waals surface area contributed by atoms with E-state index in [2.05, 4.69) is 20.9 Å². The van der Waals surface area contributed by atoms with E-state index < -0.39 is 5.56 Å². The van der Waals surface area contributed by atoms with Gasteiger partial charge in [0, 0.05) is 24.3 Å². The first kappa shape index (κ1) is 15.4. The number of carbonyl (C=O) groups is 1. The molecule has 0 radical (unpaired) electrons. The van der Waals surface area contributed by atoms with Crippen LogP contribution in [0.3, 0.4) is 0 Å². The van der Waals surface area contributed by atoms with E-state index in [0.717, 1.165) is 5.56 Å². The molecule has 2 rings (SSSR count). The molecule has 4 nitrogen and oxygen atoms in total. The first-order valence-corrected chi connectivity index (χ1v) is 7.06. The Kier molecular flexibility index (Phi) is 4.57. The van der Waals surface area contributed by atoms with Crippen molar-refractivity contribution in [2.24, 2.45) is 0 Å². The van der Waals surface area contributed by atoms with Crippen molar-refractivity contribution in [3.8, 4) is 0 Å². The number of aromatic amines is 1. The van der Waals surface area contributed by atoms with Crippen molar-refractivity contribution >= 4 is 21.8 Å². The second-order valence-electron chi connectivity index (χ2n) is 4.81. The van der Waals surface area contributed by atoms with Crippen molar-refractivity contribution in [1.29, 1.82) is 0 Å². The third-order valence-electron chi connectivity index (χ3n) is 3.09. The van der Waals surface area contributed by atoms with Gasteiger partial charge in [0.1, 0.15) is 11.4 Å². The molecule has 0 aliphatic rings. The van der Waals surface area contributed by atoms with Crippen LogP contribution in [0.1, 0.15) is 21.5 Å². The molecule has 0 unspecified atom stereocenters. The molecule has 0 aliphatic heterocycles. The fourth-order valence-electron chi connectivity index (χ4n) is 1.97. The quantitative estimate of drug-likeness (QED) is 0.923. The number of nitrogens with zero attached hydrogens (tertiary/aromatic N) is 1. The highest BCUT2D eigenvalue weighted by molar-refractivity contribution is 9.10. The number of halogens is 2. The Morgan fingerprint density at radius 3 is 2.76 bits per heavy atom. The van der Waals surface area contributed by atoms with E-state index in [9.17, 15) is 14.0 Å². The molecular weight excluding hydrogens is 339 g/mol. The van der Waals surface area contributed by atoms with Crippen molar-refractivity contribution in [3.63, 3.8) is 0 Å². The lowest BCUT2D eigenvalue weighted by atomic mass is 10.1. The van der Waals surface area contributed by atoms with Gasteiger partial charge in [0.15, 0.2) is 0 Å². The van der Waals surface area contributed by atoms with E-state index in [4.69, 9.17) is 0 Å². The van der Waals surface area contributed by atoms with Gasteiger partial charge in [-0.05, 0) is 46.1 Å². The lowest BCUT2D eigenvalue weighted by Crippen LogP contribution is -2.31. The van der Waals surface area contributed by atoms with Gasteiger partial charge in [0.25, 0.3) is 11.5 Å². The molecule has 0 aliphatic carbocycles. The van der Waals surface area contributed by atoms with Crippen LogP contribution in [-0.2, 0) is 6.54 Å². The Balaban J connectivity index is 2.21. The van der Waals surface area contributed by atoms with Gasteiger partial charge in [-0.1, -0.05) is 12.1 Å². The zero-order valence-corrected chi connectivity index (χ0v) is 13.2. The molecular formula is C15H14BrFN2O2. The van der Waals surface area contributed by atoms with Crippen LogP contribution in [0, 0.1) is 12.7 Å². The molecule has 6 heteroatoms. The molecule has 21 heavy (non-hydrogen) atoms. The molecule has 0 fully saturated rings. The van der Waals surface area contributed by atoms with Crippen LogP contribution < -0.4 is 5.56 Å². The van der Waals surface area contributed by atoms with Crippen molar-refractivity contribution in [1.82, 2.24) is 9.88 Å². The average molecular weight is 353 g/mol. The van der Waals surface area contributed by atoms with E-state index in [1.165, 1.54) is 23.2 Å². The molecule has 1 heterocycles. The lowest BCUT2D eigenvalue weighted by Gasteiger charge is -2.17. The van der Waals surface area contributed by atoms with Crippen LogP contribution in [0.25, 0.3) is 0 Å². The maximum atomic E-state index is 13.2. The minimum atomic E-state index is -0.440. The Morgan fingerprint density at radius 2 is 2.10 bits per heavy atom. The Labute approximate surface area is 129 Å². The minimum absolute atomic E-state index is 0.0608. The zero-order valence-electron chi connectivity index (χ0n) is 11.6. The van der Waals surface area contributed by atoms with Gasteiger partial charge in [-0.3, -0.25) is 9.59 Å². The number of aryl methyl sites for hydroxylation is 1. The largest absolute Gasteiger partial charge is 0.337 e. The first-order chi connectivity index (χ1) is 9.88. The zero-order chi connectivity index (χ0) is 15.6. The molecule has 0 bridgehead atoms. The Bertz CT molecular complexity index is 743. The van der Waals surface area contributed by atoms with Crippen LogP contribution in [0.15, 0.2) is 39.7 Å². The summed E-state index contributed by atoms with van der Waals surface area (Å²) in [4.78, 5) is 27.9. The van der Waals surface area contributed by atoms with Gasteiger partial charge in [0.2, 0.25) is 0 Å². The fraction of sp³-hybridized carbons (Fsp3) is 0.200. The van der Waals surface area contributed by atoms with Crippen molar-refractivity contribution in [3.05, 3.63) is 67.8 Å². The average Bonchev–Trinajstić information content (AvgIpc) is 2.44. The summed E-state index contributed by atoms with van der Waals surface area (Å²) in [7, 11) is 1.60. The summed E-state index contributed by atoms with van der Waals surface area (Å²) in [5.74, 6) is -0.671. The number of benzene rings is 1. The normalized spacial score (nSPS) is 10.5. The molecule has 1 N–H and O–H groups in total. The SMILES string of the molecule is Cc1cc(CN(C)C(=O)c2cc(Br)c[nH]c2=O)ccc1F. The van der Waals surface area contributed by atoms with E-state index >= 15 is 0 Å². The number of aromatic nitrogens is 1.